The number of hydrogen-bond acceptors (Lipinski definition) is 4. The van der Waals surface area contributed by atoms with E-state index in [0.717, 1.165) is 0 Å². The predicted molar refractivity (Wildman–Crippen MR) is 28.6 cm³/mol. The van der Waals surface area contributed by atoms with Crippen LogP contribution in [0.5, 0.6) is 0 Å². The van der Waals surface area contributed by atoms with Crippen molar-refractivity contribution in [2.24, 2.45) is 0 Å². The summed E-state index contributed by atoms with van der Waals surface area (Å²) >= 11 is 0. The molecule has 0 saturated carbocycles. The number of nitrogens with one attached hydrogen (secondary N) is 1. The van der Waals surface area contributed by atoms with E-state index in [1.165, 1.54) is 6.20 Å². The Morgan fingerprint density at radius 1 is 1.78 bits per heavy atom. The van der Waals surface area contributed by atoms with Crippen molar-refractivity contribution in [2.45, 2.75) is 6.61 Å². The first kappa shape index (κ1) is 5.90. The monoisotopic (exact) mass is 127 g/mol. The number of aliphatic hydroxyl groups is 1. The Kier molecular flexibility index (Phi) is 1.55. The number of aliphatic hydroxyl groups excluding tert-OH is 1. The predicted octanol–water partition coefficient (Wildman–Crippen LogP) is -1.34. The van der Waals surface area contributed by atoms with Crippen LogP contribution in [0.25, 0.3) is 0 Å². The molecule has 1 heterocycles. The molecular weight excluding hydrogens is 122 g/mol. The van der Waals surface area contributed by atoms with Gasteiger partial charge in [0.25, 0.3) is 0 Å². The smallest absolute Gasteiger partial charge is 0.361 e. The lowest BCUT2D eigenvalue weighted by atomic mass is 10.5. The first-order valence-corrected chi connectivity index (χ1v) is 2.34. The van der Waals surface area contributed by atoms with E-state index in [-0.39, 0.29) is 12.3 Å². The summed E-state index contributed by atoms with van der Waals surface area (Å²) in [6, 6.07) is 0. The van der Waals surface area contributed by atoms with Crippen LogP contribution < -0.4 is 5.69 Å². The van der Waals surface area contributed by atoms with Crippen LogP contribution in [0.3, 0.4) is 0 Å². The molecule has 1 rings (SSSR count). The van der Waals surface area contributed by atoms with Crippen LogP contribution in [0.1, 0.15) is 5.69 Å². The molecule has 5 heteroatoms. The van der Waals surface area contributed by atoms with Gasteiger partial charge in [-0.05, 0) is 0 Å². The number of rotatable bonds is 1. The van der Waals surface area contributed by atoms with Gasteiger partial charge in [-0.1, -0.05) is 0 Å². The Morgan fingerprint density at radius 2 is 2.56 bits per heavy atom. The molecule has 0 fully saturated rings. The zero-order chi connectivity index (χ0) is 6.69. The summed E-state index contributed by atoms with van der Waals surface area (Å²) in [6.07, 6.45) is 1.29. The SMILES string of the molecule is O=c1nc(CO)cn[nH]1. The third-order valence-electron chi connectivity index (χ3n) is 0.781. The van der Waals surface area contributed by atoms with Crippen molar-refractivity contribution in [3.05, 3.63) is 22.4 Å². The molecule has 0 aliphatic heterocycles. The Morgan fingerprint density at radius 3 is 3.00 bits per heavy atom. The number of hydrogen-bond donors (Lipinski definition) is 2. The lowest BCUT2D eigenvalue weighted by Crippen LogP contribution is -2.13. The van der Waals surface area contributed by atoms with Gasteiger partial charge in [0.15, 0.2) is 0 Å². The van der Waals surface area contributed by atoms with Crippen molar-refractivity contribution < 1.29 is 5.11 Å². The zero-order valence-electron chi connectivity index (χ0n) is 4.53. The highest BCUT2D eigenvalue weighted by Crippen LogP contribution is 1.80. The van der Waals surface area contributed by atoms with E-state index in [9.17, 15) is 4.79 Å². The summed E-state index contributed by atoms with van der Waals surface area (Å²) in [5.74, 6) is 0. The number of H-pyrrole nitrogens is 1. The van der Waals surface area contributed by atoms with E-state index >= 15 is 0 Å². The summed E-state index contributed by atoms with van der Waals surface area (Å²) in [5.41, 5.74) is -0.264. The molecule has 0 amide bonds. The van der Waals surface area contributed by atoms with Crippen LogP contribution >= 0.6 is 0 Å². The van der Waals surface area contributed by atoms with Crippen molar-refractivity contribution in [3.63, 3.8) is 0 Å². The normalized spacial score (nSPS) is 9.44. The average molecular weight is 127 g/mol. The second-order valence-corrected chi connectivity index (χ2v) is 1.44. The third-order valence-corrected chi connectivity index (χ3v) is 0.781. The van der Waals surface area contributed by atoms with Crippen molar-refractivity contribution in [1.29, 1.82) is 0 Å². The summed E-state index contributed by atoms with van der Waals surface area (Å²) < 4.78 is 0. The summed E-state index contributed by atoms with van der Waals surface area (Å²) in [4.78, 5) is 13.7. The molecule has 0 atom stereocenters. The second-order valence-electron chi connectivity index (χ2n) is 1.44. The van der Waals surface area contributed by atoms with Gasteiger partial charge in [-0.2, -0.15) is 10.1 Å². The van der Waals surface area contributed by atoms with Crippen LogP contribution in [-0.2, 0) is 6.61 Å². The van der Waals surface area contributed by atoms with E-state index in [4.69, 9.17) is 5.11 Å². The molecule has 1 aromatic rings. The Labute approximate surface area is 50.4 Å². The van der Waals surface area contributed by atoms with E-state index in [0.29, 0.717) is 0 Å². The molecule has 0 saturated heterocycles. The van der Waals surface area contributed by atoms with Crippen molar-refractivity contribution >= 4 is 0 Å². The molecule has 0 bridgehead atoms. The summed E-state index contributed by atoms with van der Waals surface area (Å²) in [7, 11) is 0. The largest absolute Gasteiger partial charge is 0.390 e. The quantitative estimate of drug-likeness (QED) is 0.489. The van der Waals surface area contributed by atoms with Crippen LogP contribution in [0.4, 0.5) is 0 Å². The molecule has 0 radical (unpaired) electrons. The maximum atomic E-state index is 10.3. The number of nitrogens with zero attached hydrogens (tertiary/aromatic N) is 2. The van der Waals surface area contributed by atoms with Gasteiger partial charge in [0.2, 0.25) is 0 Å². The van der Waals surface area contributed by atoms with Crippen molar-refractivity contribution in [1.82, 2.24) is 15.2 Å². The first-order valence-electron chi connectivity index (χ1n) is 2.34. The van der Waals surface area contributed by atoms with Gasteiger partial charge in [0.05, 0.1) is 18.5 Å². The van der Waals surface area contributed by atoms with Crippen LogP contribution in [-0.4, -0.2) is 20.3 Å². The van der Waals surface area contributed by atoms with Crippen molar-refractivity contribution in [3.8, 4) is 0 Å². The van der Waals surface area contributed by atoms with Gasteiger partial charge in [0.1, 0.15) is 0 Å². The molecule has 9 heavy (non-hydrogen) atoms. The Hall–Kier alpha value is -1.23. The third kappa shape index (κ3) is 1.33. The number of aromatic nitrogens is 3. The van der Waals surface area contributed by atoms with Gasteiger partial charge < -0.3 is 5.11 Å². The van der Waals surface area contributed by atoms with Crippen LogP contribution in [0.15, 0.2) is 11.0 Å². The topological polar surface area (TPSA) is 78.9 Å². The molecule has 0 unspecified atom stereocenters. The van der Waals surface area contributed by atoms with E-state index in [1.807, 2.05) is 0 Å². The van der Waals surface area contributed by atoms with Gasteiger partial charge >= 0.3 is 5.69 Å². The highest BCUT2D eigenvalue weighted by Gasteiger charge is 1.89. The second kappa shape index (κ2) is 2.36. The minimum atomic E-state index is -0.540. The standard InChI is InChI=1S/C4H5N3O2/c8-2-3-1-5-7-4(9)6-3/h1,8H,2H2,(H,6,7,9). The fraction of sp³-hybridized carbons (Fsp3) is 0.250. The Bertz CT molecular complexity index is 244. The minimum Gasteiger partial charge on any atom is -0.390 e. The molecule has 0 spiro atoms. The maximum absolute atomic E-state index is 10.3. The highest BCUT2D eigenvalue weighted by atomic mass is 16.3. The fourth-order valence-electron chi connectivity index (χ4n) is 0.422. The number of aromatic amines is 1. The zero-order valence-corrected chi connectivity index (χ0v) is 4.53. The van der Waals surface area contributed by atoms with Gasteiger partial charge in [-0.15, -0.1) is 0 Å². The molecular formula is C4H5N3O2. The lowest BCUT2D eigenvalue weighted by molar-refractivity contribution is 0.275. The maximum Gasteiger partial charge on any atom is 0.361 e. The molecule has 48 valence electrons. The Balaban J connectivity index is 3.08. The molecule has 0 aliphatic carbocycles. The average Bonchev–Trinajstić information content (AvgIpc) is 1.88. The van der Waals surface area contributed by atoms with E-state index < -0.39 is 5.69 Å². The lowest BCUT2D eigenvalue weighted by Gasteiger charge is -1.87. The molecule has 0 aliphatic rings. The molecule has 2 N–H and O–H groups in total. The fourth-order valence-corrected chi connectivity index (χ4v) is 0.422. The first-order chi connectivity index (χ1) is 4.33. The van der Waals surface area contributed by atoms with Crippen LogP contribution in [0, 0.1) is 0 Å². The van der Waals surface area contributed by atoms with Crippen molar-refractivity contribution in [2.75, 3.05) is 0 Å². The van der Waals surface area contributed by atoms with Crippen LogP contribution in [0.2, 0.25) is 0 Å². The molecule has 1 aromatic heterocycles. The van der Waals surface area contributed by atoms with Gasteiger partial charge in [-0.25, -0.2) is 9.89 Å². The summed E-state index contributed by atoms with van der Waals surface area (Å²) in [5, 5.41) is 13.9. The van der Waals surface area contributed by atoms with Gasteiger partial charge in [-0.3, -0.25) is 0 Å². The highest BCUT2D eigenvalue weighted by molar-refractivity contribution is 4.87. The van der Waals surface area contributed by atoms with Gasteiger partial charge in [0, 0.05) is 0 Å². The molecule has 5 nitrogen and oxygen atoms in total. The molecule has 0 aromatic carbocycles. The van der Waals surface area contributed by atoms with E-state index in [2.05, 4.69) is 15.2 Å². The minimum absolute atomic E-state index is 0.253. The summed E-state index contributed by atoms with van der Waals surface area (Å²) in [6.45, 7) is -0.253. The van der Waals surface area contributed by atoms with E-state index in [1.54, 1.807) is 0 Å².